The molecule has 20 heavy (non-hydrogen) atoms. The largest absolute Gasteiger partial charge is 0.379 e. The van der Waals surface area contributed by atoms with Crippen molar-refractivity contribution in [2.24, 2.45) is 0 Å². The Bertz CT molecular complexity index is 491. The van der Waals surface area contributed by atoms with Crippen LogP contribution < -0.4 is 0 Å². The third-order valence-corrected chi connectivity index (χ3v) is 4.00. The molecule has 7 heteroatoms. The molecule has 1 fully saturated rings. The Balaban J connectivity index is 1.85. The molecule has 6 nitrogen and oxygen atoms in total. The fourth-order valence-electron chi connectivity index (χ4n) is 1.98. The van der Waals surface area contributed by atoms with E-state index in [0.29, 0.717) is 6.54 Å². The van der Waals surface area contributed by atoms with Crippen LogP contribution in [0.3, 0.4) is 0 Å². The minimum Gasteiger partial charge on any atom is -0.379 e. The van der Waals surface area contributed by atoms with Crippen LogP contribution in [0.25, 0.3) is 0 Å². The summed E-state index contributed by atoms with van der Waals surface area (Å²) in [5.74, 6) is -0.171. The molecule has 1 aromatic rings. The van der Waals surface area contributed by atoms with E-state index in [0.717, 1.165) is 43.5 Å². The number of hydrogen-bond donors (Lipinski definition) is 0. The molecule has 2 heterocycles. The molecule has 0 N–H and O–H groups in total. The van der Waals surface area contributed by atoms with Crippen LogP contribution >= 0.6 is 11.3 Å². The maximum atomic E-state index is 11.5. The molecule has 0 radical (unpaired) electrons. The van der Waals surface area contributed by atoms with Crippen molar-refractivity contribution in [3.63, 3.8) is 0 Å². The molecule has 1 aromatic heterocycles. The van der Waals surface area contributed by atoms with Crippen LogP contribution in [0.15, 0.2) is 5.38 Å². The fourth-order valence-corrected chi connectivity index (χ4v) is 2.80. The standard InChI is InChI=1S/C13H18N4O2S/c1-16(13(18)2-3-14)8-11-10-20-12(15-11)9-17-4-6-19-7-5-17/h10H,2,4-9H2,1H3. The zero-order valence-corrected chi connectivity index (χ0v) is 12.4. The first-order chi connectivity index (χ1) is 9.69. The maximum Gasteiger partial charge on any atom is 0.236 e. The van der Waals surface area contributed by atoms with Crippen molar-refractivity contribution < 1.29 is 9.53 Å². The lowest BCUT2D eigenvalue weighted by atomic mass is 10.3. The van der Waals surface area contributed by atoms with E-state index in [2.05, 4.69) is 9.88 Å². The summed E-state index contributed by atoms with van der Waals surface area (Å²) < 4.78 is 5.32. The van der Waals surface area contributed by atoms with Crippen LogP contribution in [0.2, 0.25) is 0 Å². The molecule has 1 saturated heterocycles. The highest BCUT2D eigenvalue weighted by Crippen LogP contribution is 2.14. The number of carbonyl (C=O) groups excluding carboxylic acids is 1. The van der Waals surface area contributed by atoms with Gasteiger partial charge in [-0.2, -0.15) is 5.26 Å². The lowest BCUT2D eigenvalue weighted by Crippen LogP contribution is -2.35. The quantitative estimate of drug-likeness (QED) is 0.805. The summed E-state index contributed by atoms with van der Waals surface area (Å²) in [5.41, 5.74) is 0.882. The average molecular weight is 294 g/mol. The highest BCUT2D eigenvalue weighted by atomic mass is 32.1. The number of ether oxygens (including phenoxy) is 1. The van der Waals surface area contributed by atoms with Crippen LogP contribution in [-0.2, 0) is 22.6 Å². The van der Waals surface area contributed by atoms with Gasteiger partial charge in [0.05, 0.1) is 38.1 Å². The number of morpholine rings is 1. The Hall–Kier alpha value is -1.49. The summed E-state index contributed by atoms with van der Waals surface area (Å²) in [6.45, 7) is 4.74. The van der Waals surface area contributed by atoms with Crippen molar-refractivity contribution in [3.05, 3.63) is 16.1 Å². The van der Waals surface area contributed by atoms with Gasteiger partial charge in [-0.15, -0.1) is 11.3 Å². The highest BCUT2D eigenvalue weighted by molar-refractivity contribution is 7.09. The molecule has 1 aliphatic rings. The lowest BCUT2D eigenvalue weighted by molar-refractivity contribution is -0.129. The van der Waals surface area contributed by atoms with E-state index in [1.165, 1.54) is 4.90 Å². The summed E-state index contributed by atoms with van der Waals surface area (Å²) in [6.07, 6.45) is -0.0821. The van der Waals surface area contributed by atoms with Crippen LogP contribution in [0.4, 0.5) is 0 Å². The maximum absolute atomic E-state index is 11.5. The Morgan fingerprint density at radius 3 is 3.05 bits per heavy atom. The van der Waals surface area contributed by atoms with Gasteiger partial charge in [0, 0.05) is 25.5 Å². The van der Waals surface area contributed by atoms with Gasteiger partial charge in [0.15, 0.2) is 0 Å². The molecule has 0 aromatic carbocycles. The topological polar surface area (TPSA) is 69.5 Å². The van der Waals surface area contributed by atoms with E-state index < -0.39 is 0 Å². The van der Waals surface area contributed by atoms with Crippen LogP contribution in [0.5, 0.6) is 0 Å². The van der Waals surface area contributed by atoms with E-state index in [1.807, 2.05) is 11.4 Å². The SMILES string of the molecule is CN(Cc1csc(CN2CCOCC2)n1)C(=O)CC#N. The first kappa shape index (κ1) is 14.9. The molecular weight excluding hydrogens is 276 g/mol. The molecule has 108 valence electrons. The molecule has 0 atom stereocenters. The number of hydrogen-bond acceptors (Lipinski definition) is 6. The van der Waals surface area contributed by atoms with Gasteiger partial charge in [-0.1, -0.05) is 0 Å². The van der Waals surface area contributed by atoms with E-state index in [-0.39, 0.29) is 12.3 Å². The molecule has 0 spiro atoms. The smallest absolute Gasteiger partial charge is 0.236 e. The van der Waals surface area contributed by atoms with Crippen molar-refractivity contribution in [1.29, 1.82) is 5.26 Å². The summed E-state index contributed by atoms with van der Waals surface area (Å²) in [4.78, 5) is 19.9. The second-order valence-electron chi connectivity index (χ2n) is 4.71. The third-order valence-electron chi connectivity index (χ3n) is 3.12. The summed E-state index contributed by atoms with van der Waals surface area (Å²) in [5, 5.41) is 11.5. The molecular formula is C13H18N4O2S. The Kier molecular flexibility index (Phi) is 5.47. The van der Waals surface area contributed by atoms with E-state index in [1.54, 1.807) is 18.4 Å². The first-order valence-corrected chi connectivity index (χ1v) is 7.41. The van der Waals surface area contributed by atoms with Gasteiger partial charge in [0.25, 0.3) is 0 Å². The number of carbonyl (C=O) groups is 1. The predicted octanol–water partition coefficient (Wildman–Crippen LogP) is 0.847. The molecule has 0 unspecified atom stereocenters. The zero-order valence-electron chi connectivity index (χ0n) is 11.5. The van der Waals surface area contributed by atoms with Crippen molar-refractivity contribution in [1.82, 2.24) is 14.8 Å². The second kappa shape index (κ2) is 7.33. The summed E-state index contributed by atoms with van der Waals surface area (Å²) in [7, 11) is 1.70. The molecule has 1 amide bonds. The lowest BCUT2D eigenvalue weighted by Gasteiger charge is -2.25. The summed E-state index contributed by atoms with van der Waals surface area (Å²) >= 11 is 1.61. The van der Waals surface area contributed by atoms with Gasteiger partial charge in [0.2, 0.25) is 5.91 Å². The van der Waals surface area contributed by atoms with Crippen molar-refractivity contribution in [2.45, 2.75) is 19.5 Å². The van der Waals surface area contributed by atoms with Gasteiger partial charge in [-0.25, -0.2) is 4.98 Å². The number of nitrogens with zero attached hydrogens (tertiary/aromatic N) is 4. The number of thiazole rings is 1. The Morgan fingerprint density at radius 2 is 2.35 bits per heavy atom. The van der Waals surface area contributed by atoms with Gasteiger partial charge < -0.3 is 9.64 Å². The number of amides is 1. The van der Waals surface area contributed by atoms with Gasteiger partial charge in [-0.3, -0.25) is 9.69 Å². The van der Waals surface area contributed by atoms with Crippen molar-refractivity contribution in [3.8, 4) is 6.07 Å². The molecule has 1 aliphatic heterocycles. The number of rotatable bonds is 5. The van der Waals surface area contributed by atoms with E-state index in [9.17, 15) is 4.79 Å². The van der Waals surface area contributed by atoms with Gasteiger partial charge in [-0.05, 0) is 0 Å². The summed E-state index contributed by atoms with van der Waals surface area (Å²) in [6, 6.07) is 1.87. The Labute approximate surface area is 122 Å². The van der Waals surface area contributed by atoms with Crippen LogP contribution in [0, 0.1) is 11.3 Å². The average Bonchev–Trinajstić information content (AvgIpc) is 2.87. The first-order valence-electron chi connectivity index (χ1n) is 6.53. The van der Waals surface area contributed by atoms with Gasteiger partial charge in [0.1, 0.15) is 11.4 Å². The fraction of sp³-hybridized carbons (Fsp3) is 0.615. The van der Waals surface area contributed by atoms with E-state index >= 15 is 0 Å². The minimum atomic E-state index is -0.171. The predicted molar refractivity (Wildman–Crippen MR) is 74.9 cm³/mol. The van der Waals surface area contributed by atoms with Gasteiger partial charge >= 0.3 is 0 Å². The molecule has 0 aliphatic carbocycles. The van der Waals surface area contributed by atoms with Crippen molar-refractivity contribution in [2.75, 3.05) is 33.4 Å². The minimum absolute atomic E-state index is 0.0821. The number of aromatic nitrogens is 1. The highest BCUT2D eigenvalue weighted by Gasteiger charge is 2.14. The third kappa shape index (κ3) is 4.27. The Morgan fingerprint density at radius 1 is 1.60 bits per heavy atom. The van der Waals surface area contributed by atoms with E-state index in [4.69, 9.17) is 10.00 Å². The number of nitriles is 1. The second-order valence-corrected chi connectivity index (χ2v) is 5.65. The molecule has 0 saturated carbocycles. The normalized spacial score (nSPS) is 15.8. The van der Waals surface area contributed by atoms with Crippen LogP contribution in [-0.4, -0.2) is 54.0 Å². The van der Waals surface area contributed by atoms with Crippen LogP contribution in [0.1, 0.15) is 17.1 Å². The zero-order chi connectivity index (χ0) is 14.4. The van der Waals surface area contributed by atoms with Crippen molar-refractivity contribution >= 4 is 17.2 Å². The monoisotopic (exact) mass is 294 g/mol. The molecule has 2 rings (SSSR count). The molecule has 0 bridgehead atoms.